The van der Waals surface area contributed by atoms with E-state index in [1.54, 1.807) is 7.11 Å². The molecular weight excluding hydrogens is 432 g/mol. The van der Waals surface area contributed by atoms with Crippen molar-refractivity contribution >= 4 is 5.82 Å². The van der Waals surface area contributed by atoms with Gasteiger partial charge in [0, 0.05) is 24.5 Å². The molecule has 35 heavy (non-hydrogen) atoms. The first-order valence-electron chi connectivity index (χ1n) is 13.3. The highest BCUT2D eigenvalue weighted by Crippen LogP contribution is 2.58. The van der Waals surface area contributed by atoms with Gasteiger partial charge in [0.25, 0.3) is 0 Å². The van der Waals surface area contributed by atoms with Crippen LogP contribution in [0.15, 0.2) is 48.9 Å². The Hall–Kier alpha value is -2.82. The van der Waals surface area contributed by atoms with Crippen LogP contribution < -0.4 is 10.1 Å². The van der Waals surface area contributed by atoms with Gasteiger partial charge >= 0.3 is 0 Å². The van der Waals surface area contributed by atoms with Crippen molar-refractivity contribution in [1.29, 1.82) is 0 Å². The lowest BCUT2D eigenvalue weighted by atomic mass is 9.52. The number of ether oxygens (including phenoxy) is 1. The van der Waals surface area contributed by atoms with Crippen molar-refractivity contribution in [2.24, 2.45) is 5.41 Å². The minimum Gasteiger partial charge on any atom is -0.496 e. The molecule has 184 valence electrons. The number of pyridine rings is 1. The zero-order valence-corrected chi connectivity index (χ0v) is 21.4. The Balaban J connectivity index is 1.11. The summed E-state index contributed by atoms with van der Waals surface area (Å²) in [6.07, 6.45) is 17.6. The Morgan fingerprint density at radius 3 is 2.40 bits per heavy atom. The highest BCUT2D eigenvalue weighted by atomic mass is 16.5. The Morgan fingerprint density at radius 2 is 1.74 bits per heavy atom. The molecule has 3 aromatic rings. The molecule has 1 aromatic carbocycles. The fourth-order valence-corrected chi connectivity index (χ4v) is 6.84. The van der Waals surface area contributed by atoms with Crippen molar-refractivity contribution in [2.45, 2.75) is 82.6 Å². The molecule has 5 nitrogen and oxygen atoms in total. The van der Waals surface area contributed by atoms with Crippen LogP contribution in [0.4, 0.5) is 5.82 Å². The SMILES string of the molecule is COc1ccc(C23CCC(CNc4cc(-c5cnn(C6(C)CCC6)c5)ccn4)(CC2)CC3)cc1C. The molecule has 5 heteroatoms. The van der Waals surface area contributed by atoms with E-state index in [0.717, 1.165) is 18.1 Å². The number of aryl methyl sites for hydroxylation is 1. The van der Waals surface area contributed by atoms with Gasteiger partial charge in [-0.05, 0) is 117 Å². The van der Waals surface area contributed by atoms with Gasteiger partial charge in [0.05, 0.1) is 18.8 Å². The monoisotopic (exact) mass is 470 g/mol. The second kappa shape index (κ2) is 8.39. The summed E-state index contributed by atoms with van der Waals surface area (Å²) in [6.45, 7) is 5.49. The van der Waals surface area contributed by atoms with E-state index < -0.39 is 0 Å². The molecular formula is C30H38N4O. The normalized spacial score (nSPS) is 26.8. The maximum absolute atomic E-state index is 5.50. The Bertz CT molecular complexity index is 1200. The maximum atomic E-state index is 5.50. The van der Waals surface area contributed by atoms with Crippen molar-refractivity contribution in [2.75, 3.05) is 19.0 Å². The average Bonchev–Trinajstić information content (AvgIpc) is 3.38. The first-order chi connectivity index (χ1) is 16.9. The van der Waals surface area contributed by atoms with E-state index in [0.29, 0.717) is 10.8 Å². The number of aromatic nitrogens is 3. The standard InChI is InChI=1S/C30H38N4O/c1-22-17-25(5-6-26(22)35-3)30-13-10-29(11-14-30,12-15-30)21-32-27-18-23(7-16-31-27)24-19-33-34(20-24)28(2)8-4-9-28/h5-7,16-20H,4,8-15,21H2,1-3H3,(H,31,32). The van der Waals surface area contributed by atoms with E-state index in [1.807, 2.05) is 12.4 Å². The van der Waals surface area contributed by atoms with Crippen LogP contribution >= 0.6 is 0 Å². The summed E-state index contributed by atoms with van der Waals surface area (Å²) in [6, 6.07) is 11.1. The lowest BCUT2D eigenvalue weighted by Crippen LogP contribution is -2.47. The molecule has 4 fully saturated rings. The molecule has 0 aliphatic heterocycles. The quantitative estimate of drug-likeness (QED) is 0.410. The molecule has 4 aliphatic carbocycles. The zero-order valence-electron chi connectivity index (χ0n) is 21.4. The number of methoxy groups -OCH3 is 1. The molecule has 0 radical (unpaired) electrons. The van der Waals surface area contributed by atoms with Crippen LogP contribution in [0.2, 0.25) is 0 Å². The van der Waals surface area contributed by atoms with Gasteiger partial charge < -0.3 is 10.1 Å². The van der Waals surface area contributed by atoms with Gasteiger partial charge in [-0.25, -0.2) is 4.98 Å². The molecule has 7 rings (SSSR count). The third kappa shape index (κ3) is 3.93. The second-order valence-electron chi connectivity index (χ2n) is 11.8. The van der Waals surface area contributed by atoms with Crippen LogP contribution in [0.1, 0.15) is 75.8 Å². The van der Waals surface area contributed by atoms with Crippen molar-refractivity contribution in [1.82, 2.24) is 14.8 Å². The molecule has 0 amide bonds. The lowest BCUT2D eigenvalue weighted by molar-refractivity contribution is 0.0505. The second-order valence-corrected chi connectivity index (χ2v) is 11.8. The predicted molar refractivity (Wildman–Crippen MR) is 141 cm³/mol. The number of anilines is 1. The highest BCUT2D eigenvalue weighted by molar-refractivity contribution is 5.65. The van der Waals surface area contributed by atoms with E-state index in [-0.39, 0.29) is 5.54 Å². The van der Waals surface area contributed by atoms with E-state index >= 15 is 0 Å². The minimum absolute atomic E-state index is 0.202. The molecule has 2 heterocycles. The van der Waals surface area contributed by atoms with Crippen molar-refractivity contribution in [3.63, 3.8) is 0 Å². The third-order valence-electron chi connectivity index (χ3n) is 9.71. The highest BCUT2D eigenvalue weighted by Gasteiger charge is 2.49. The zero-order chi connectivity index (χ0) is 24.1. The maximum Gasteiger partial charge on any atom is 0.126 e. The summed E-state index contributed by atoms with van der Waals surface area (Å²) >= 11 is 0. The van der Waals surface area contributed by atoms with Crippen LogP contribution in [0.5, 0.6) is 5.75 Å². The average molecular weight is 471 g/mol. The molecule has 1 N–H and O–H groups in total. The van der Waals surface area contributed by atoms with E-state index in [4.69, 9.17) is 4.74 Å². The third-order valence-corrected chi connectivity index (χ3v) is 9.71. The van der Waals surface area contributed by atoms with Gasteiger partial charge in [0.2, 0.25) is 0 Å². The van der Waals surface area contributed by atoms with Crippen molar-refractivity contribution in [3.8, 4) is 16.9 Å². The number of fused-ring (bicyclic) bond motifs is 3. The number of nitrogens with zero attached hydrogens (tertiary/aromatic N) is 3. The molecule has 4 saturated carbocycles. The molecule has 2 aromatic heterocycles. The van der Waals surface area contributed by atoms with E-state index in [1.165, 1.54) is 80.0 Å². The lowest BCUT2D eigenvalue weighted by Gasteiger charge is -2.54. The van der Waals surface area contributed by atoms with Gasteiger partial charge in [0.1, 0.15) is 11.6 Å². The van der Waals surface area contributed by atoms with Gasteiger partial charge in [-0.15, -0.1) is 0 Å². The van der Waals surface area contributed by atoms with Crippen LogP contribution in [-0.4, -0.2) is 28.4 Å². The van der Waals surface area contributed by atoms with Gasteiger partial charge in [-0.3, -0.25) is 4.68 Å². The summed E-state index contributed by atoms with van der Waals surface area (Å²) in [5, 5.41) is 8.40. The smallest absolute Gasteiger partial charge is 0.126 e. The number of rotatable bonds is 7. The number of hydrogen-bond donors (Lipinski definition) is 1. The topological polar surface area (TPSA) is 52.0 Å². The molecule has 0 unspecified atom stereocenters. The summed E-state index contributed by atoms with van der Waals surface area (Å²) in [4.78, 5) is 4.65. The fraction of sp³-hybridized carbons (Fsp3) is 0.533. The summed E-state index contributed by atoms with van der Waals surface area (Å²) in [5.41, 5.74) is 6.09. The summed E-state index contributed by atoms with van der Waals surface area (Å²) < 4.78 is 7.66. The molecule has 0 atom stereocenters. The van der Waals surface area contributed by atoms with Gasteiger partial charge in [-0.2, -0.15) is 5.10 Å². The first kappa shape index (κ1) is 22.6. The van der Waals surface area contributed by atoms with Crippen LogP contribution in [-0.2, 0) is 11.0 Å². The van der Waals surface area contributed by atoms with Crippen LogP contribution in [0, 0.1) is 12.3 Å². The Kier molecular flexibility index (Phi) is 5.43. The minimum atomic E-state index is 0.202. The van der Waals surface area contributed by atoms with Crippen molar-refractivity contribution < 1.29 is 4.74 Å². The summed E-state index contributed by atoms with van der Waals surface area (Å²) in [7, 11) is 1.76. The number of benzene rings is 1. The Morgan fingerprint density at radius 1 is 0.971 bits per heavy atom. The largest absolute Gasteiger partial charge is 0.496 e. The van der Waals surface area contributed by atoms with E-state index in [2.05, 4.69) is 70.5 Å². The summed E-state index contributed by atoms with van der Waals surface area (Å²) in [5.74, 6) is 1.97. The number of nitrogens with one attached hydrogen (secondary N) is 1. The van der Waals surface area contributed by atoms with Crippen molar-refractivity contribution in [3.05, 3.63) is 60.0 Å². The molecule has 0 spiro atoms. The number of hydrogen-bond acceptors (Lipinski definition) is 4. The molecule has 2 bridgehead atoms. The first-order valence-corrected chi connectivity index (χ1v) is 13.3. The van der Waals surface area contributed by atoms with Gasteiger partial charge in [0.15, 0.2) is 0 Å². The fourth-order valence-electron chi connectivity index (χ4n) is 6.84. The van der Waals surface area contributed by atoms with Crippen LogP contribution in [0.3, 0.4) is 0 Å². The van der Waals surface area contributed by atoms with E-state index in [9.17, 15) is 0 Å². The Labute approximate surface area is 209 Å². The predicted octanol–water partition coefficient (Wildman–Crippen LogP) is 6.87. The van der Waals surface area contributed by atoms with Gasteiger partial charge in [-0.1, -0.05) is 12.1 Å². The molecule has 0 saturated heterocycles. The molecule has 4 aliphatic rings. The van der Waals surface area contributed by atoms with Crippen LogP contribution in [0.25, 0.3) is 11.1 Å².